The van der Waals surface area contributed by atoms with Gasteiger partial charge in [-0.15, -0.1) is 0 Å². The molecule has 0 atom stereocenters. The lowest BCUT2D eigenvalue weighted by molar-refractivity contribution is 0.408. The number of rotatable bonds is 9. The molecule has 0 spiro atoms. The minimum absolute atomic E-state index is 0.0236. The summed E-state index contributed by atoms with van der Waals surface area (Å²) >= 11 is 0. The molecule has 0 saturated heterocycles. The van der Waals surface area contributed by atoms with E-state index in [0.717, 1.165) is 29.2 Å². The van der Waals surface area contributed by atoms with Crippen LogP contribution in [-0.2, 0) is 0 Å². The fraction of sp³-hybridized carbons (Fsp3) is 0.556. The summed E-state index contributed by atoms with van der Waals surface area (Å²) in [5, 5.41) is 4.62. The van der Waals surface area contributed by atoms with Gasteiger partial charge in [-0.25, -0.2) is 0 Å². The highest BCUT2D eigenvalue weighted by Crippen LogP contribution is 2.59. The molecule has 0 N–H and O–H groups in total. The van der Waals surface area contributed by atoms with E-state index in [-0.39, 0.29) is 7.92 Å². The molecule has 0 amide bonds. The number of ether oxygens (including phenoxy) is 2. The normalized spacial score (nSPS) is 18.8. The van der Waals surface area contributed by atoms with Crippen molar-refractivity contribution in [1.82, 2.24) is 0 Å². The highest BCUT2D eigenvalue weighted by molar-refractivity contribution is 7.76. The van der Waals surface area contributed by atoms with E-state index in [4.69, 9.17) is 9.47 Å². The molecule has 0 heterocycles. The molecule has 0 bridgehead atoms. The first-order valence-corrected chi connectivity index (χ1v) is 18.7. The molecule has 2 aromatic carbocycles. The maximum absolute atomic E-state index is 5.79. The number of aryl methyl sites for hydroxylation is 4. The number of benzene rings is 2. The van der Waals surface area contributed by atoms with E-state index < -0.39 is 7.92 Å². The smallest absolute Gasteiger partial charge is 0.124 e. The topological polar surface area (TPSA) is 18.5 Å². The van der Waals surface area contributed by atoms with E-state index >= 15 is 0 Å². The predicted molar refractivity (Wildman–Crippen MR) is 177 cm³/mol. The van der Waals surface area contributed by atoms with E-state index in [1.807, 2.05) is 0 Å². The fourth-order valence-electron chi connectivity index (χ4n) is 7.72. The molecule has 5 rings (SSSR count). The Labute approximate surface area is 246 Å². The average molecular weight is 577 g/mol. The van der Waals surface area contributed by atoms with Crippen LogP contribution in [0.3, 0.4) is 0 Å². The quantitative estimate of drug-likeness (QED) is 0.277. The van der Waals surface area contributed by atoms with Crippen LogP contribution in [0.15, 0.2) is 47.3 Å². The van der Waals surface area contributed by atoms with Crippen LogP contribution in [0.5, 0.6) is 11.5 Å². The van der Waals surface area contributed by atoms with Crippen LogP contribution < -0.4 is 20.1 Å². The first-order chi connectivity index (χ1) is 19.4. The van der Waals surface area contributed by atoms with Crippen LogP contribution >= 0.6 is 15.8 Å². The van der Waals surface area contributed by atoms with Crippen molar-refractivity contribution in [2.75, 3.05) is 20.4 Å². The largest absolute Gasteiger partial charge is 0.496 e. The molecule has 2 saturated carbocycles. The Morgan fingerprint density at radius 1 is 0.650 bits per heavy atom. The summed E-state index contributed by atoms with van der Waals surface area (Å²) in [4.78, 5) is 0. The Kier molecular flexibility index (Phi) is 10.1. The van der Waals surface area contributed by atoms with Gasteiger partial charge in [0.1, 0.15) is 11.5 Å². The summed E-state index contributed by atoms with van der Waals surface area (Å²) in [5.74, 6) is 2.05. The molecule has 0 radical (unpaired) electrons. The first kappa shape index (κ1) is 29.9. The maximum Gasteiger partial charge on any atom is 0.124 e. The minimum Gasteiger partial charge on any atom is -0.496 e. The second-order valence-corrected chi connectivity index (χ2v) is 17.4. The molecule has 3 aliphatic rings. The zero-order chi connectivity index (χ0) is 28.2. The van der Waals surface area contributed by atoms with Crippen LogP contribution in [0.4, 0.5) is 0 Å². The van der Waals surface area contributed by atoms with Crippen LogP contribution in [-0.4, -0.2) is 31.7 Å². The number of hydrogen-bond donors (Lipinski definition) is 0. The van der Waals surface area contributed by atoms with Gasteiger partial charge in [0.05, 0.1) is 14.2 Å². The van der Waals surface area contributed by atoms with Gasteiger partial charge in [-0.2, -0.15) is 0 Å². The van der Waals surface area contributed by atoms with Gasteiger partial charge in [-0.3, -0.25) is 0 Å². The van der Waals surface area contributed by atoms with Crippen molar-refractivity contribution in [3.8, 4) is 11.5 Å². The van der Waals surface area contributed by atoms with E-state index in [0.29, 0.717) is 0 Å². The van der Waals surface area contributed by atoms with Crippen molar-refractivity contribution in [3.63, 3.8) is 0 Å². The SMILES string of the molecule is COc1c(C)cc(P(C2=C(CP(C3CCCCC3)C3CCCCC3)C=CC2)c2cc(C)c(OC)c(C)c2)cc1C. The van der Waals surface area contributed by atoms with Crippen LogP contribution in [0, 0.1) is 27.7 Å². The van der Waals surface area contributed by atoms with Crippen molar-refractivity contribution in [1.29, 1.82) is 0 Å². The van der Waals surface area contributed by atoms with Crippen molar-refractivity contribution >= 4 is 26.5 Å². The lowest BCUT2D eigenvalue weighted by Gasteiger charge is -2.39. The second-order valence-electron chi connectivity index (χ2n) is 12.4. The molecular formula is C36H50O2P2. The van der Waals surface area contributed by atoms with Crippen LogP contribution in [0.2, 0.25) is 0 Å². The number of hydrogen-bond acceptors (Lipinski definition) is 2. The molecule has 2 aromatic rings. The van der Waals surface area contributed by atoms with E-state index in [1.165, 1.54) is 103 Å². The monoisotopic (exact) mass is 576 g/mol. The van der Waals surface area contributed by atoms with Crippen LogP contribution in [0.1, 0.15) is 92.9 Å². The summed E-state index contributed by atoms with van der Waals surface area (Å²) in [6, 6.07) is 9.67. The third kappa shape index (κ3) is 6.40. The van der Waals surface area contributed by atoms with E-state index in [9.17, 15) is 0 Å². The van der Waals surface area contributed by atoms with Crippen LogP contribution in [0.25, 0.3) is 0 Å². The Morgan fingerprint density at radius 2 is 1.07 bits per heavy atom. The number of methoxy groups -OCH3 is 2. The Balaban J connectivity index is 1.60. The molecule has 40 heavy (non-hydrogen) atoms. The standard InChI is InChI=1S/C36H50O2P2/c1-25-20-32(21-26(2)35(25)37-5)40(33-22-27(3)36(38-6)28(4)23-33)34-19-13-14-29(34)24-39(30-15-9-7-10-16-30)31-17-11-8-12-18-31/h13-14,20-23,30-31H,7-12,15-19,24H2,1-6H3. The predicted octanol–water partition coefficient (Wildman–Crippen LogP) is 9.73. The minimum atomic E-state index is -0.640. The van der Waals surface area contributed by atoms with E-state index in [2.05, 4.69) is 64.1 Å². The van der Waals surface area contributed by atoms with Gasteiger partial charge >= 0.3 is 0 Å². The van der Waals surface area contributed by atoms with Gasteiger partial charge in [0.15, 0.2) is 0 Å². The van der Waals surface area contributed by atoms with Gasteiger partial charge in [-0.05, 0) is 153 Å². The van der Waals surface area contributed by atoms with Gasteiger partial charge in [-0.1, -0.05) is 58.6 Å². The summed E-state index contributed by atoms with van der Waals surface area (Å²) < 4.78 is 11.6. The molecule has 2 fully saturated rings. The molecule has 0 unspecified atom stereocenters. The first-order valence-electron chi connectivity index (χ1n) is 15.7. The fourth-order valence-corrected chi connectivity index (χ4v) is 14.6. The Bertz CT molecular complexity index is 1120. The summed E-state index contributed by atoms with van der Waals surface area (Å²) in [7, 11) is 2.98. The van der Waals surface area contributed by atoms with Crippen molar-refractivity contribution in [3.05, 3.63) is 69.6 Å². The lowest BCUT2D eigenvalue weighted by atomic mass is 9.99. The van der Waals surface area contributed by atoms with Gasteiger partial charge in [0.25, 0.3) is 0 Å². The zero-order valence-electron chi connectivity index (χ0n) is 25.8. The second kappa shape index (κ2) is 13.6. The molecule has 216 valence electrons. The summed E-state index contributed by atoms with van der Waals surface area (Å²) in [6.45, 7) is 8.84. The molecular weight excluding hydrogens is 526 g/mol. The Hall–Kier alpha value is -1.62. The highest BCUT2D eigenvalue weighted by atomic mass is 31.1. The highest BCUT2D eigenvalue weighted by Gasteiger charge is 2.33. The molecule has 0 aliphatic heterocycles. The zero-order valence-corrected chi connectivity index (χ0v) is 27.6. The third-order valence-corrected chi connectivity index (χ3v) is 15.7. The third-order valence-electron chi connectivity index (χ3n) is 9.53. The molecule has 4 heteroatoms. The summed E-state index contributed by atoms with van der Waals surface area (Å²) in [6.07, 6.45) is 22.1. The van der Waals surface area contributed by atoms with Gasteiger partial charge < -0.3 is 9.47 Å². The van der Waals surface area contributed by atoms with E-state index in [1.54, 1.807) is 25.1 Å². The van der Waals surface area contributed by atoms with Gasteiger partial charge in [0, 0.05) is 0 Å². The molecule has 2 nitrogen and oxygen atoms in total. The maximum atomic E-state index is 5.79. The van der Waals surface area contributed by atoms with Crippen molar-refractivity contribution in [2.45, 2.75) is 110 Å². The molecule has 0 aromatic heterocycles. The Morgan fingerprint density at radius 3 is 1.48 bits per heavy atom. The molecule has 3 aliphatic carbocycles. The van der Waals surface area contributed by atoms with Gasteiger partial charge in [0.2, 0.25) is 0 Å². The van der Waals surface area contributed by atoms with Crippen molar-refractivity contribution < 1.29 is 9.47 Å². The summed E-state index contributed by atoms with van der Waals surface area (Å²) in [5.41, 5.74) is 8.62. The van der Waals surface area contributed by atoms with Crippen molar-refractivity contribution in [2.24, 2.45) is 0 Å². The lowest BCUT2D eigenvalue weighted by Crippen LogP contribution is -2.23. The average Bonchev–Trinajstić information content (AvgIpc) is 3.40. The number of allylic oxidation sites excluding steroid dienone is 4.